The molecule has 2 N–H and O–H groups in total. The summed E-state index contributed by atoms with van der Waals surface area (Å²) in [4.78, 5) is 16.5. The van der Waals surface area contributed by atoms with E-state index in [1.807, 2.05) is 19.2 Å². The first-order valence-corrected chi connectivity index (χ1v) is 7.64. The van der Waals surface area contributed by atoms with E-state index < -0.39 is 0 Å². The van der Waals surface area contributed by atoms with Gasteiger partial charge in [0.2, 0.25) is 5.91 Å². The van der Waals surface area contributed by atoms with E-state index in [0.717, 1.165) is 17.1 Å². The number of aromatic nitrogens is 1. The highest BCUT2D eigenvalue weighted by molar-refractivity contribution is 7.09. The highest BCUT2D eigenvalue weighted by Gasteiger charge is 2.23. The van der Waals surface area contributed by atoms with Gasteiger partial charge >= 0.3 is 0 Å². The van der Waals surface area contributed by atoms with Gasteiger partial charge in [-0.05, 0) is 19.8 Å². The molecule has 0 spiro atoms. The third-order valence-electron chi connectivity index (χ3n) is 3.29. The van der Waals surface area contributed by atoms with Crippen molar-refractivity contribution in [2.75, 3.05) is 6.61 Å². The number of rotatable bonds is 7. The maximum Gasteiger partial charge on any atom is 0.226 e. The molecule has 108 valence electrons. The predicted molar refractivity (Wildman–Crippen MR) is 78.4 cm³/mol. The molecule has 0 aliphatic rings. The van der Waals surface area contributed by atoms with Gasteiger partial charge in [0.05, 0.1) is 17.1 Å². The van der Waals surface area contributed by atoms with Gasteiger partial charge in [-0.3, -0.25) is 4.79 Å². The molecule has 1 atom stereocenters. The van der Waals surface area contributed by atoms with E-state index in [4.69, 9.17) is 5.11 Å². The molecule has 0 bridgehead atoms. The van der Waals surface area contributed by atoms with E-state index in [-0.39, 0.29) is 18.1 Å². The third kappa shape index (κ3) is 4.91. The van der Waals surface area contributed by atoms with Crippen molar-refractivity contribution in [3.8, 4) is 0 Å². The fourth-order valence-electron chi connectivity index (χ4n) is 1.79. The minimum Gasteiger partial charge on any atom is -0.396 e. The van der Waals surface area contributed by atoms with Crippen molar-refractivity contribution in [1.82, 2.24) is 10.3 Å². The van der Waals surface area contributed by atoms with Crippen molar-refractivity contribution in [3.63, 3.8) is 0 Å². The van der Waals surface area contributed by atoms with Crippen molar-refractivity contribution in [1.29, 1.82) is 0 Å². The van der Waals surface area contributed by atoms with Gasteiger partial charge < -0.3 is 10.4 Å². The number of hydrogen-bond acceptors (Lipinski definition) is 4. The number of carbonyl (C=O) groups excluding carboxylic acids is 1. The second kappa shape index (κ2) is 7.01. The summed E-state index contributed by atoms with van der Waals surface area (Å²) < 4.78 is 0. The molecule has 4 nitrogen and oxygen atoms in total. The minimum absolute atomic E-state index is 0.0293. The van der Waals surface area contributed by atoms with Crippen LogP contribution in [0, 0.1) is 0 Å². The first-order chi connectivity index (χ1) is 8.90. The van der Waals surface area contributed by atoms with Gasteiger partial charge in [0.25, 0.3) is 0 Å². The van der Waals surface area contributed by atoms with Crippen molar-refractivity contribution in [3.05, 3.63) is 16.1 Å². The maximum absolute atomic E-state index is 12.0. The molecule has 1 aromatic heterocycles. The lowest BCUT2D eigenvalue weighted by molar-refractivity contribution is -0.122. The standard InChI is InChI=1S/C14H24N2O2S/c1-5-14(4,6-7-17)16-12(18)8-11-9-19-13(15-11)10(2)3/h9-10,17H,5-8H2,1-4H3,(H,16,18). The fourth-order valence-corrected chi connectivity index (χ4v) is 2.62. The Morgan fingerprint density at radius 3 is 2.74 bits per heavy atom. The molecule has 0 saturated carbocycles. The average molecular weight is 284 g/mol. The van der Waals surface area contributed by atoms with Crippen LogP contribution >= 0.6 is 11.3 Å². The van der Waals surface area contributed by atoms with Gasteiger partial charge in [0, 0.05) is 23.4 Å². The molecule has 1 amide bonds. The lowest BCUT2D eigenvalue weighted by Crippen LogP contribution is -2.46. The zero-order valence-corrected chi connectivity index (χ0v) is 13.0. The molecule has 0 radical (unpaired) electrons. The lowest BCUT2D eigenvalue weighted by Gasteiger charge is -2.28. The van der Waals surface area contributed by atoms with Crippen LogP contribution in [0.1, 0.15) is 57.2 Å². The van der Waals surface area contributed by atoms with Crippen LogP contribution in [0.2, 0.25) is 0 Å². The van der Waals surface area contributed by atoms with Crippen LogP contribution < -0.4 is 5.32 Å². The van der Waals surface area contributed by atoms with Crippen molar-refractivity contribution in [2.45, 2.75) is 58.4 Å². The van der Waals surface area contributed by atoms with E-state index in [2.05, 4.69) is 24.1 Å². The second-order valence-corrected chi connectivity index (χ2v) is 6.33. The Hall–Kier alpha value is -0.940. The number of aliphatic hydroxyl groups is 1. The van der Waals surface area contributed by atoms with E-state index >= 15 is 0 Å². The average Bonchev–Trinajstić information content (AvgIpc) is 2.77. The van der Waals surface area contributed by atoms with E-state index in [0.29, 0.717) is 18.8 Å². The molecular weight excluding hydrogens is 260 g/mol. The zero-order valence-electron chi connectivity index (χ0n) is 12.2. The third-order valence-corrected chi connectivity index (χ3v) is 4.48. The molecule has 0 saturated heterocycles. The minimum atomic E-state index is -0.331. The molecule has 1 rings (SSSR count). The molecule has 0 fully saturated rings. The summed E-state index contributed by atoms with van der Waals surface area (Å²) >= 11 is 1.60. The number of nitrogens with zero attached hydrogens (tertiary/aromatic N) is 1. The molecule has 5 heteroatoms. The Labute approximate surface area is 119 Å². The highest BCUT2D eigenvalue weighted by atomic mass is 32.1. The summed E-state index contributed by atoms with van der Waals surface area (Å²) in [6, 6.07) is 0. The molecular formula is C14H24N2O2S. The molecule has 1 unspecified atom stereocenters. The molecule has 19 heavy (non-hydrogen) atoms. The monoisotopic (exact) mass is 284 g/mol. The van der Waals surface area contributed by atoms with Crippen LogP contribution in [0.5, 0.6) is 0 Å². The molecule has 0 aliphatic carbocycles. The highest BCUT2D eigenvalue weighted by Crippen LogP contribution is 2.20. The second-order valence-electron chi connectivity index (χ2n) is 5.44. The van der Waals surface area contributed by atoms with Crippen LogP contribution in [0.3, 0.4) is 0 Å². The maximum atomic E-state index is 12.0. The normalized spacial score (nSPS) is 14.4. The van der Waals surface area contributed by atoms with Crippen molar-refractivity contribution < 1.29 is 9.90 Å². The van der Waals surface area contributed by atoms with Crippen LogP contribution in [0.4, 0.5) is 0 Å². The smallest absolute Gasteiger partial charge is 0.226 e. The van der Waals surface area contributed by atoms with Gasteiger partial charge in [-0.25, -0.2) is 4.98 Å². The number of aliphatic hydroxyl groups excluding tert-OH is 1. The van der Waals surface area contributed by atoms with E-state index in [1.54, 1.807) is 11.3 Å². The fraction of sp³-hybridized carbons (Fsp3) is 0.714. The van der Waals surface area contributed by atoms with Crippen LogP contribution in [-0.4, -0.2) is 28.1 Å². The van der Waals surface area contributed by atoms with E-state index in [1.165, 1.54) is 0 Å². The lowest BCUT2D eigenvalue weighted by atomic mass is 9.94. The van der Waals surface area contributed by atoms with Gasteiger partial charge in [-0.2, -0.15) is 0 Å². The number of hydrogen-bond donors (Lipinski definition) is 2. The van der Waals surface area contributed by atoms with Gasteiger partial charge in [0.15, 0.2) is 0 Å². The number of nitrogens with one attached hydrogen (secondary N) is 1. The van der Waals surface area contributed by atoms with Crippen LogP contribution in [0.25, 0.3) is 0 Å². The molecule has 1 aromatic rings. The largest absolute Gasteiger partial charge is 0.396 e. The predicted octanol–water partition coefficient (Wildman–Crippen LogP) is 2.48. The van der Waals surface area contributed by atoms with Gasteiger partial charge in [-0.1, -0.05) is 20.8 Å². The first-order valence-electron chi connectivity index (χ1n) is 6.76. The Kier molecular flexibility index (Phi) is 5.94. The molecule has 0 aromatic carbocycles. The van der Waals surface area contributed by atoms with Crippen molar-refractivity contribution >= 4 is 17.2 Å². The van der Waals surface area contributed by atoms with Crippen LogP contribution in [0.15, 0.2) is 5.38 Å². The summed E-state index contributed by atoms with van der Waals surface area (Å²) in [5, 5.41) is 15.0. The summed E-state index contributed by atoms with van der Waals surface area (Å²) in [5.74, 6) is 0.371. The summed E-state index contributed by atoms with van der Waals surface area (Å²) in [6.45, 7) is 8.24. The SMILES string of the molecule is CCC(C)(CCO)NC(=O)Cc1csc(C(C)C)n1. The quantitative estimate of drug-likeness (QED) is 0.808. The number of thiazole rings is 1. The topological polar surface area (TPSA) is 62.2 Å². The Balaban J connectivity index is 2.59. The van der Waals surface area contributed by atoms with E-state index in [9.17, 15) is 4.79 Å². The first kappa shape index (κ1) is 16.1. The van der Waals surface area contributed by atoms with Gasteiger partial charge in [0.1, 0.15) is 0 Å². The Morgan fingerprint density at radius 1 is 1.58 bits per heavy atom. The summed E-state index contributed by atoms with van der Waals surface area (Å²) in [5.41, 5.74) is 0.497. The summed E-state index contributed by atoms with van der Waals surface area (Å²) in [7, 11) is 0. The van der Waals surface area contributed by atoms with Crippen molar-refractivity contribution in [2.24, 2.45) is 0 Å². The Morgan fingerprint density at radius 2 is 2.26 bits per heavy atom. The Bertz CT molecular complexity index is 417. The molecule has 1 heterocycles. The molecule has 0 aliphatic heterocycles. The van der Waals surface area contributed by atoms with Crippen LogP contribution in [-0.2, 0) is 11.2 Å². The van der Waals surface area contributed by atoms with Gasteiger partial charge in [-0.15, -0.1) is 11.3 Å². The zero-order chi connectivity index (χ0) is 14.5. The number of carbonyl (C=O) groups is 1. The number of amides is 1. The summed E-state index contributed by atoms with van der Waals surface area (Å²) in [6.07, 6.45) is 1.68.